The van der Waals surface area contributed by atoms with Crippen molar-refractivity contribution >= 4 is 11.6 Å². The second-order valence-electron chi connectivity index (χ2n) is 4.34. The summed E-state index contributed by atoms with van der Waals surface area (Å²) in [6, 6.07) is 9.93. The fourth-order valence-corrected chi connectivity index (χ4v) is 1.80. The zero-order valence-corrected chi connectivity index (χ0v) is 10.7. The monoisotopic (exact) mass is 241 g/mol. The Hall–Kier alpha value is -2.48. The van der Waals surface area contributed by atoms with E-state index in [0.29, 0.717) is 17.2 Å². The number of nitrogens with zero attached hydrogens (tertiary/aromatic N) is 4. The Balaban J connectivity index is 2.63. The van der Waals surface area contributed by atoms with Crippen LogP contribution in [0.1, 0.15) is 11.1 Å². The van der Waals surface area contributed by atoms with Gasteiger partial charge in [0.05, 0.1) is 5.69 Å². The third-order valence-electron chi connectivity index (χ3n) is 2.68. The smallest absolute Gasteiger partial charge is 0.170 e. The van der Waals surface area contributed by atoms with Crippen LogP contribution in [0.25, 0.3) is 5.69 Å². The van der Waals surface area contributed by atoms with Crippen molar-refractivity contribution in [3.05, 3.63) is 35.4 Å². The van der Waals surface area contributed by atoms with E-state index in [0.717, 1.165) is 11.3 Å². The van der Waals surface area contributed by atoms with Crippen molar-refractivity contribution in [2.45, 2.75) is 6.92 Å². The largest absolute Gasteiger partial charge is 0.382 e. The molecule has 0 aliphatic heterocycles. The first-order chi connectivity index (χ1) is 8.54. The molecule has 0 aliphatic rings. The second-order valence-corrected chi connectivity index (χ2v) is 4.34. The summed E-state index contributed by atoms with van der Waals surface area (Å²) in [6.07, 6.45) is 0. The normalized spacial score (nSPS) is 10.1. The number of anilines is 2. The van der Waals surface area contributed by atoms with Gasteiger partial charge in [-0.2, -0.15) is 5.26 Å². The second kappa shape index (κ2) is 4.41. The minimum absolute atomic E-state index is 0.367. The van der Waals surface area contributed by atoms with Gasteiger partial charge in [0.1, 0.15) is 17.5 Å². The molecule has 0 atom stereocenters. The van der Waals surface area contributed by atoms with E-state index in [1.54, 1.807) is 9.58 Å². The SMILES string of the molecule is Cc1cccc(-n2nc(N(C)C)c(C#N)c2N)c1. The van der Waals surface area contributed by atoms with Crippen molar-refractivity contribution in [1.29, 1.82) is 5.26 Å². The molecule has 2 rings (SSSR count). The van der Waals surface area contributed by atoms with Crippen LogP contribution in [-0.2, 0) is 0 Å². The predicted molar refractivity (Wildman–Crippen MR) is 71.8 cm³/mol. The van der Waals surface area contributed by atoms with Crippen LogP contribution < -0.4 is 10.6 Å². The number of nitriles is 1. The number of aromatic nitrogens is 2. The van der Waals surface area contributed by atoms with Crippen molar-refractivity contribution in [2.75, 3.05) is 24.7 Å². The number of aryl methyl sites for hydroxylation is 1. The van der Waals surface area contributed by atoms with Gasteiger partial charge in [0.15, 0.2) is 5.82 Å². The highest BCUT2D eigenvalue weighted by atomic mass is 15.4. The third-order valence-corrected chi connectivity index (χ3v) is 2.68. The van der Waals surface area contributed by atoms with E-state index in [2.05, 4.69) is 11.2 Å². The number of nitrogen functional groups attached to an aromatic ring is 1. The molecule has 1 aromatic carbocycles. The summed E-state index contributed by atoms with van der Waals surface area (Å²) in [4.78, 5) is 1.78. The Morgan fingerprint density at radius 1 is 1.39 bits per heavy atom. The maximum absolute atomic E-state index is 9.15. The summed E-state index contributed by atoms with van der Waals surface area (Å²) in [5, 5.41) is 13.5. The van der Waals surface area contributed by atoms with Crippen LogP contribution in [0, 0.1) is 18.3 Å². The van der Waals surface area contributed by atoms with Gasteiger partial charge in [0, 0.05) is 14.1 Å². The van der Waals surface area contributed by atoms with E-state index in [9.17, 15) is 0 Å². The highest BCUT2D eigenvalue weighted by molar-refractivity contribution is 5.66. The van der Waals surface area contributed by atoms with Gasteiger partial charge in [-0.1, -0.05) is 12.1 Å². The first-order valence-electron chi connectivity index (χ1n) is 5.57. The fourth-order valence-electron chi connectivity index (χ4n) is 1.80. The molecule has 18 heavy (non-hydrogen) atoms. The van der Waals surface area contributed by atoms with Gasteiger partial charge in [-0.15, -0.1) is 5.10 Å². The van der Waals surface area contributed by atoms with Gasteiger partial charge in [0.2, 0.25) is 0 Å². The highest BCUT2D eigenvalue weighted by Gasteiger charge is 2.17. The van der Waals surface area contributed by atoms with Crippen molar-refractivity contribution in [3.8, 4) is 11.8 Å². The molecule has 0 radical (unpaired) electrons. The molecular weight excluding hydrogens is 226 g/mol. The topological polar surface area (TPSA) is 70.9 Å². The Labute approximate surface area is 106 Å². The van der Waals surface area contributed by atoms with Gasteiger partial charge in [-0.3, -0.25) is 0 Å². The van der Waals surface area contributed by atoms with E-state index in [1.807, 2.05) is 45.3 Å². The van der Waals surface area contributed by atoms with E-state index in [4.69, 9.17) is 11.0 Å². The van der Waals surface area contributed by atoms with E-state index in [-0.39, 0.29) is 0 Å². The lowest BCUT2D eigenvalue weighted by molar-refractivity contribution is 0.873. The maximum Gasteiger partial charge on any atom is 0.170 e. The summed E-state index contributed by atoms with van der Waals surface area (Å²) in [5.41, 5.74) is 8.37. The standard InChI is InChI=1S/C13H15N5/c1-9-5-4-6-10(7-9)18-12(15)11(8-14)13(16-18)17(2)3/h4-7H,15H2,1-3H3. The number of hydrogen-bond donors (Lipinski definition) is 1. The number of benzene rings is 1. The minimum Gasteiger partial charge on any atom is -0.382 e. The van der Waals surface area contributed by atoms with E-state index in [1.165, 1.54) is 0 Å². The van der Waals surface area contributed by atoms with Crippen molar-refractivity contribution in [3.63, 3.8) is 0 Å². The summed E-state index contributed by atoms with van der Waals surface area (Å²) in [5.74, 6) is 0.948. The van der Waals surface area contributed by atoms with Crippen LogP contribution >= 0.6 is 0 Å². The quantitative estimate of drug-likeness (QED) is 0.868. The van der Waals surface area contributed by atoms with Crippen LogP contribution in [-0.4, -0.2) is 23.9 Å². The Bertz CT molecular complexity index is 619. The molecule has 92 valence electrons. The molecule has 0 saturated carbocycles. The van der Waals surface area contributed by atoms with E-state index < -0.39 is 0 Å². The zero-order valence-electron chi connectivity index (χ0n) is 10.7. The molecule has 0 saturated heterocycles. The lowest BCUT2D eigenvalue weighted by atomic mass is 10.2. The van der Waals surface area contributed by atoms with Crippen LogP contribution in [0.4, 0.5) is 11.6 Å². The van der Waals surface area contributed by atoms with Crippen molar-refractivity contribution in [2.24, 2.45) is 0 Å². The first kappa shape index (κ1) is 12.0. The summed E-state index contributed by atoms with van der Waals surface area (Å²) >= 11 is 0. The first-order valence-corrected chi connectivity index (χ1v) is 5.57. The lowest BCUT2D eigenvalue weighted by Gasteiger charge is -2.07. The number of nitrogens with two attached hydrogens (primary N) is 1. The molecule has 5 nitrogen and oxygen atoms in total. The number of hydrogen-bond acceptors (Lipinski definition) is 4. The molecule has 0 aliphatic carbocycles. The van der Waals surface area contributed by atoms with Gasteiger partial charge in [0.25, 0.3) is 0 Å². The average molecular weight is 241 g/mol. The molecule has 2 aromatic rings. The Morgan fingerprint density at radius 3 is 2.61 bits per heavy atom. The Morgan fingerprint density at radius 2 is 2.11 bits per heavy atom. The Kier molecular flexibility index (Phi) is 2.94. The molecule has 0 spiro atoms. The lowest BCUT2D eigenvalue weighted by Crippen LogP contribution is -2.11. The van der Waals surface area contributed by atoms with Crippen LogP contribution in [0.15, 0.2) is 24.3 Å². The molecular formula is C13H15N5. The molecule has 2 N–H and O–H groups in total. The molecule has 0 unspecified atom stereocenters. The molecule has 1 aromatic heterocycles. The summed E-state index contributed by atoms with van der Waals surface area (Å²) in [6.45, 7) is 2.00. The summed E-state index contributed by atoms with van der Waals surface area (Å²) < 4.78 is 1.60. The van der Waals surface area contributed by atoms with Crippen LogP contribution in [0.5, 0.6) is 0 Å². The number of rotatable bonds is 2. The summed E-state index contributed by atoms with van der Waals surface area (Å²) in [7, 11) is 3.67. The maximum atomic E-state index is 9.15. The fraction of sp³-hybridized carbons (Fsp3) is 0.231. The third kappa shape index (κ3) is 1.89. The van der Waals surface area contributed by atoms with Gasteiger partial charge < -0.3 is 10.6 Å². The van der Waals surface area contributed by atoms with Crippen LogP contribution in [0.2, 0.25) is 0 Å². The van der Waals surface area contributed by atoms with Crippen molar-refractivity contribution in [1.82, 2.24) is 9.78 Å². The van der Waals surface area contributed by atoms with Gasteiger partial charge >= 0.3 is 0 Å². The van der Waals surface area contributed by atoms with Gasteiger partial charge in [-0.05, 0) is 24.6 Å². The predicted octanol–water partition coefficient (Wildman–Crippen LogP) is 1.70. The highest BCUT2D eigenvalue weighted by Crippen LogP contribution is 2.25. The molecule has 0 fully saturated rings. The molecule has 1 heterocycles. The average Bonchev–Trinajstić information content (AvgIpc) is 2.66. The molecule has 0 amide bonds. The molecule has 0 bridgehead atoms. The van der Waals surface area contributed by atoms with Crippen LogP contribution in [0.3, 0.4) is 0 Å². The molecule has 5 heteroatoms. The zero-order chi connectivity index (χ0) is 13.3. The van der Waals surface area contributed by atoms with Gasteiger partial charge in [-0.25, -0.2) is 4.68 Å². The minimum atomic E-state index is 0.367. The van der Waals surface area contributed by atoms with Crippen molar-refractivity contribution < 1.29 is 0 Å². The van der Waals surface area contributed by atoms with E-state index >= 15 is 0 Å².